The van der Waals surface area contributed by atoms with Crippen molar-refractivity contribution in [1.82, 2.24) is 0 Å². The Kier molecular flexibility index (Phi) is 407. The molecule has 0 amide bonds. The largest absolute Gasteiger partial charge is 0.412 e. The molecule has 0 spiro atoms. The molecule has 27 valence electrons. The summed E-state index contributed by atoms with van der Waals surface area (Å²) < 4.78 is 0. The van der Waals surface area contributed by atoms with Gasteiger partial charge in [-0.2, -0.15) is 0 Å². The van der Waals surface area contributed by atoms with Gasteiger partial charge in [-0.15, -0.1) is 0 Å². The van der Waals surface area contributed by atoms with Crippen LogP contribution in [0.1, 0.15) is 0 Å². The third-order valence-corrected chi connectivity index (χ3v) is 0. The second kappa shape index (κ2) is 35.1. The molecule has 5 heteroatoms. The van der Waals surface area contributed by atoms with Crippen LogP contribution < -0.4 is 0 Å². The molecule has 0 atom stereocenters. The van der Waals surface area contributed by atoms with Gasteiger partial charge in [0.15, 0.2) is 0 Å². The first-order valence-electron chi connectivity index (χ1n) is 0. The third kappa shape index (κ3) is 22.8. The minimum Gasteiger partial charge on any atom is -0.412 e. The fourth-order valence-corrected chi connectivity index (χ4v) is 0. The predicted octanol–water partition coefficient (Wildman–Crippen LogP) is -1.59. The van der Waals surface area contributed by atoms with Gasteiger partial charge in [0.25, 0.3) is 0 Å². The van der Waals surface area contributed by atoms with E-state index in [4.69, 9.17) is 0 Å². The van der Waals surface area contributed by atoms with Gasteiger partial charge in [0.1, 0.15) is 0 Å². The Bertz CT molecular complexity index is 9.61. The van der Waals surface area contributed by atoms with E-state index in [0.29, 0.717) is 0 Å². The first-order chi connectivity index (χ1) is 0. The summed E-state index contributed by atoms with van der Waals surface area (Å²) >= 11 is 0. The molecule has 0 aliphatic carbocycles. The average molecular weight is 146 g/mol. The molecule has 2 N–H and O–H groups in total. The quantitative estimate of drug-likeness (QED) is 0.368. The van der Waals surface area contributed by atoms with E-state index in [-0.39, 0.29) is 76.8 Å². The maximum absolute atomic E-state index is 0. The van der Waals surface area contributed by atoms with Crippen molar-refractivity contribution in [2.75, 3.05) is 0 Å². The van der Waals surface area contributed by atoms with Crippen LogP contribution in [0.15, 0.2) is 0 Å². The molecule has 1 nitrogen and oxygen atoms in total. The van der Waals surface area contributed by atoms with E-state index in [9.17, 15) is 0 Å². The van der Waals surface area contributed by atoms with Gasteiger partial charge in [-0.3, -0.25) is 0 Å². The van der Waals surface area contributed by atoms with Gasteiger partial charge in [-0.25, -0.2) is 0 Å². The van der Waals surface area contributed by atoms with Crippen LogP contribution in [0.25, 0.3) is 0 Å². The van der Waals surface area contributed by atoms with E-state index in [1.807, 2.05) is 0 Å². The number of hydrogen-bond donors (Lipinski definition) is 0. The van der Waals surface area contributed by atoms with Gasteiger partial charge in [0, 0.05) is 71.3 Å². The van der Waals surface area contributed by atoms with Gasteiger partial charge in [-0.05, 0) is 0 Å². The third-order valence-electron chi connectivity index (χ3n) is 0. The van der Waals surface area contributed by atoms with Crippen LogP contribution in [-0.4, -0.2) is 43.2 Å². The van der Waals surface area contributed by atoms with E-state index in [1.165, 1.54) is 0 Å². The minimum atomic E-state index is 0. The average Bonchev–Trinajstić information content (AvgIpc) is 0. The van der Waals surface area contributed by atoms with Crippen LogP contribution in [-0.2, 0) is 33.6 Å². The smallest absolute Gasteiger partial charge is 0 e. The molecule has 5 heavy (non-hydrogen) atoms. The van der Waals surface area contributed by atoms with Crippen molar-refractivity contribution in [3.63, 3.8) is 0 Å². The number of rotatable bonds is 0. The molecule has 0 aromatic rings. The summed E-state index contributed by atoms with van der Waals surface area (Å²) in [6, 6.07) is 0. The first-order valence-corrected chi connectivity index (χ1v) is 0. The van der Waals surface area contributed by atoms with Gasteiger partial charge < -0.3 is 5.48 Å². The summed E-state index contributed by atoms with van der Waals surface area (Å²) in [6.45, 7) is 0. The van der Waals surface area contributed by atoms with Crippen molar-refractivity contribution >= 4 is 37.7 Å². The molecule has 0 unspecified atom stereocenters. The zero-order chi connectivity index (χ0) is 0. The molecule has 0 saturated heterocycles. The monoisotopic (exact) mass is 145 g/mol. The van der Waals surface area contributed by atoms with Gasteiger partial charge in [0.05, 0.1) is 0 Å². The summed E-state index contributed by atoms with van der Waals surface area (Å²) in [6.07, 6.45) is 0. The predicted molar refractivity (Wildman–Crippen MR) is 15.1 cm³/mol. The molecule has 0 bridgehead atoms. The summed E-state index contributed by atoms with van der Waals surface area (Å²) in [5.41, 5.74) is 0. The fourth-order valence-electron chi connectivity index (χ4n) is 0. The normalized spacial score (nSPS) is 0. The number of hydrogen-bond acceptors (Lipinski definition) is 0. The van der Waals surface area contributed by atoms with Crippen molar-refractivity contribution in [1.29, 1.82) is 0 Å². The standard InChI is InChI=1S/2Li.Mn.Ni.H2O/h;;;;1H2. The van der Waals surface area contributed by atoms with Crippen LogP contribution in [0.5, 0.6) is 0 Å². The maximum Gasteiger partial charge on any atom is 0 e. The molecule has 0 aromatic heterocycles. The van der Waals surface area contributed by atoms with E-state index in [1.54, 1.807) is 0 Å². The zero-order valence-electron chi connectivity index (χ0n) is 3.19. The van der Waals surface area contributed by atoms with E-state index in [0.717, 1.165) is 0 Å². The van der Waals surface area contributed by atoms with Crippen LogP contribution in [0.2, 0.25) is 0 Å². The SMILES string of the molecule is O.[Li].[Li].[Mn].[Ni]. The summed E-state index contributed by atoms with van der Waals surface area (Å²) in [4.78, 5) is 0. The van der Waals surface area contributed by atoms with Crippen molar-refractivity contribution in [2.45, 2.75) is 0 Å². The van der Waals surface area contributed by atoms with Crippen LogP contribution in [0, 0.1) is 0 Å². The topological polar surface area (TPSA) is 31.5 Å². The van der Waals surface area contributed by atoms with Crippen molar-refractivity contribution in [3.8, 4) is 0 Å². The Morgan fingerprint density at radius 1 is 0.800 bits per heavy atom. The molecule has 0 saturated carbocycles. The molecule has 0 aliphatic rings. The van der Waals surface area contributed by atoms with Crippen LogP contribution in [0.3, 0.4) is 0 Å². The van der Waals surface area contributed by atoms with Crippen molar-refractivity contribution in [3.05, 3.63) is 0 Å². The van der Waals surface area contributed by atoms with E-state index >= 15 is 0 Å². The molecule has 0 rings (SSSR count). The van der Waals surface area contributed by atoms with Crippen molar-refractivity contribution < 1.29 is 39.0 Å². The Morgan fingerprint density at radius 3 is 0.800 bits per heavy atom. The van der Waals surface area contributed by atoms with Crippen LogP contribution in [0.4, 0.5) is 0 Å². The van der Waals surface area contributed by atoms with E-state index in [2.05, 4.69) is 0 Å². The molecule has 0 heterocycles. The molecule has 0 aliphatic heterocycles. The molecular weight excluding hydrogens is 144 g/mol. The molecular formula is H2Li2MnNiO. The molecule has 3 radical (unpaired) electrons. The molecule has 0 fully saturated rings. The van der Waals surface area contributed by atoms with Crippen LogP contribution >= 0.6 is 0 Å². The second-order valence-corrected chi connectivity index (χ2v) is 0. The second-order valence-electron chi connectivity index (χ2n) is 0. The van der Waals surface area contributed by atoms with Crippen molar-refractivity contribution in [2.24, 2.45) is 0 Å². The Hall–Kier alpha value is 2.17. The summed E-state index contributed by atoms with van der Waals surface area (Å²) in [7, 11) is 0. The molecule has 0 aromatic carbocycles. The summed E-state index contributed by atoms with van der Waals surface area (Å²) in [5.74, 6) is 0. The maximum atomic E-state index is 0. The van der Waals surface area contributed by atoms with Gasteiger partial charge in [-0.1, -0.05) is 0 Å². The zero-order valence-corrected chi connectivity index (χ0v) is 5.36. The fraction of sp³-hybridized carbons (Fsp3) is 0. The minimum absolute atomic E-state index is 0. The Labute approximate surface area is 76.1 Å². The summed E-state index contributed by atoms with van der Waals surface area (Å²) in [5, 5.41) is 0. The van der Waals surface area contributed by atoms with E-state index < -0.39 is 0 Å². The first kappa shape index (κ1) is 58.0. The van der Waals surface area contributed by atoms with Gasteiger partial charge >= 0.3 is 0 Å². The van der Waals surface area contributed by atoms with Gasteiger partial charge in [0.2, 0.25) is 0 Å². The Balaban J connectivity index is 0. The Morgan fingerprint density at radius 2 is 0.800 bits per heavy atom.